The normalized spacial score (nSPS) is 11.5. The van der Waals surface area contributed by atoms with Crippen molar-refractivity contribution in [2.24, 2.45) is 0 Å². The van der Waals surface area contributed by atoms with Crippen molar-refractivity contribution in [3.8, 4) is 45.3 Å². The van der Waals surface area contributed by atoms with Gasteiger partial charge in [-0.3, -0.25) is 9.97 Å². The van der Waals surface area contributed by atoms with Crippen LogP contribution in [0, 0.1) is 13.8 Å². The number of hydrogen-bond donors (Lipinski definition) is 0. The summed E-state index contributed by atoms with van der Waals surface area (Å²) in [6.45, 7) is 3.79. The molecule has 8 heteroatoms. The number of aromatic nitrogens is 7. The highest BCUT2D eigenvalue weighted by Gasteiger charge is 2.15. The zero-order valence-electron chi connectivity index (χ0n) is 23.4. The molecule has 0 spiro atoms. The molecule has 0 saturated heterocycles. The first-order valence-electron chi connectivity index (χ1n) is 13.9. The third-order valence-corrected chi connectivity index (χ3v) is 7.46. The highest BCUT2D eigenvalue weighted by atomic mass is 16.3. The van der Waals surface area contributed by atoms with Gasteiger partial charge in [-0.25, -0.2) is 24.9 Å². The summed E-state index contributed by atoms with van der Waals surface area (Å²) in [5.74, 6) is 2.58. The van der Waals surface area contributed by atoms with Crippen molar-refractivity contribution < 1.29 is 4.42 Å². The van der Waals surface area contributed by atoms with Crippen molar-refractivity contribution in [1.82, 2.24) is 34.9 Å². The summed E-state index contributed by atoms with van der Waals surface area (Å²) in [6, 6.07) is 28.2. The fourth-order valence-corrected chi connectivity index (χ4v) is 5.47. The topological polar surface area (TPSA) is 103 Å². The second-order valence-electron chi connectivity index (χ2n) is 10.4. The first-order valence-corrected chi connectivity index (χ1v) is 13.9. The molecule has 5 aromatic heterocycles. The SMILES string of the molecule is Cc1nc(-c2ccncc2)nc(-c2ccnc(-c3ccc4c(c3)oc3ccc(-c5nc(C)nc6ccccc56)cc34)c2)n1. The molecular weight excluding hydrogens is 534 g/mol. The van der Waals surface area contributed by atoms with E-state index in [1.807, 2.05) is 68.4 Å². The molecule has 204 valence electrons. The lowest BCUT2D eigenvalue weighted by Crippen LogP contribution is -2.00. The smallest absolute Gasteiger partial charge is 0.163 e. The molecule has 0 aliphatic heterocycles. The number of nitrogens with zero attached hydrogens (tertiary/aromatic N) is 7. The van der Waals surface area contributed by atoms with Crippen LogP contribution in [-0.2, 0) is 0 Å². The Balaban J connectivity index is 1.19. The standard InChI is InChI=1S/C35H23N7O/c1-20-38-29-6-4-3-5-27(29)33(39-20)24-8-10-31-28(17-24)26-9-7-23(19-32(26)43-31)30-18-25(13-16-37-30)35-41-21(2)40-34(42-35)22-11-14-36-15-12-22/h3-19H,1-2H3. The average molecular weight is 558 g/mol. The third kappa shape index (κ3) is 4.46. The molecule has 8 nitrogen and oxygen atoms in total. The number of fused-ring (bicyclic) bond motifs is 4. The second-order valence-corrected chi connectivity index (χ2v) is 10.4. The fourth-order valence-electron chi connectivity index (χ4n) is 5.47. The predicted molar refractivity (Wildman–Crippen MR) is 167 cm³/mol. The summed E-state index contributed by atoms with van der Waals surface area (Å²) in [5, 5.41) is 3.09. The van der Waals surface area contributed by atoms with Crippen LogP contribution < -0.4 is 0 Å². The molecule has 43 heavy (non-hydrogen) atoms. The number of hydrogen-bond acceptors (Lipinski definition) is 8. The summed E-state index contributed by atoms with van der Waals surface area (Å²) in [4.78, 5) is 32.0. The molecule has 0 radical (unpaired) electrons. The Labute approximate surface area is 246 Å². The molecule has 0 amide bonds. The number of para-hydroxylation sites is 1. The van der Waals surface area contributed by atoms with E-state index in [0.717, 1.165) is 72.3 Å². The summed E-state index contributed by atoms with van der Waals surface area (Å²) in [6.07, 6.45) is 5.23. The van der Waals surface area contributed by atoms with Gasteiger partial charge in [-0.15, -0.1) is 0 Å². The molecule has 0 aliphatic carbocycles. The van der Waals surface area contributed by atoms with Gasteiger partial charge in [0.1, 0.15) is 22.8 Å². The van der Waals surface area contributed by atoms with Crippen LogP contribution in [0.3, 0.4) is 0 Å². The highest BCUT2D eigenvalue weighted by Crippen LogP contribution is 2.36. The molecule has 0 unspecified atom stereocenters. The lowest BCUT2D eigenvalue weighted by Gasteiger charge is -2.07. The molecule has 5 heterocycles. The molecule has 0 bridgehead atoms. The Kier molecular flexibility index (Phi) is 5.72. The number of rotatable bonds is 4. The van der Waals surface area contributed by atoms with Gasteiger partial charge in [-0.1, -0.05) is 24.3 Å². The van der Waals surface area contributed by atoms with Crippen LogP contribution in [0.2, 0.25) is 0 Å². The Bertz CT molecular complexity index is 2330. The Morgan fingerprint density at radius 3 is 2.16 bits per heavy atom. The minimum Gasteiger partial charge on any atom is -0.456 e. The van der Waals surface area contributed by atoms with Gasteiger partial charge >= 0.3 is 0 Å². The minimum absolute atomic E-state index is 0.591. The van der Waals surface area contributed by atoms with Crippen molar-refractivity contribution in [1.29, 1.82) is 0 Å². The summed E-state index contributed by atoms with van der Waals surface area (Å²) in [7, 11) is 0. The van der Waals surface area contributed by atoms with Gasteiger partial charge in [0, 0.05) is 57.0 Å². The number of furan rings is 1. The zero-order chi connectivity index (χ0) is 28.9. The molecule has 8 rings (SSSR count). The maximum atomic E-state index is 6.31. The van der Waals surface area contributed by atoms with Gasteiger partial charge in [0.15, 0.2) is 11.6 Å². The largest absolute Gasteiger partial charge is 0.456 e. The number of benzene rings is 3. The summed E-state index contributed by atoms with van der Waals surface area (Å²) in [5.41, 5.74) is 7.95. The quantitative estimate of drug-likeness (QED) is 0.216. The van der Waals surface area contributed by atoms with E-state index in [1.165, 1.54) is 0 Å². The van der Waals surface area contributed by atoms with Crippen molar-refractivity contribution in [2.45, 2.75) is 13.8 Å². The van der Waals surface area contributed by atoms with Gasteiger partial charge in [0.05, 0.1) is 16.9 Å². The Morgan fingerprint density at radius 1 is 0.512 bits per heavy atom. The second kappa shape index (κ2) is 9.88. The van der Waals surface area contributed by atoms with Crippen LogP contribution in [0.5, 0.6) is 0 Å². The molecule has 0 saturated carbocycles. The van der Waals surface area contributed by atoms with E-state index in [2.05, 4.69) is 55.3 Å². The molecule has 0 atom stereocenters. The van der Waals surface area contributed by atoms with Crippen LogP contribution in [0.4, 0.5) is 0 Å². The van der Waals surface area contributed by atoms with E-state index in [0.29, 0.717) is 17.5 Å². The fraction of sp³-hybridized carbons (Fsp3) is 0.0571. The third-order valence-electron chi connectivity index (χ3n) is 7.46. The van der Waals surface area contributed by atoms with Crippen LogP contribution in [0.1, 0.15) is 11.6 Å². The van der Waals surface area contributed by atoms with E-state index in [4.69, 9.17) is 14.4 Å². The molecule has 0 fully saturated rings. The van der Waals surface area contributed by atoms with E-state index in [9.17, 15) is 0 Å². The molecule has 0 N–H and O–H groups in total. The molecule has 0 aliphatic rings. The molecular formula is C35H23N7O. The first kappa shape index (κ1) is 24.9. The highest BCUT2D eigenvalue weighted by molar-refractivity contribution is 6.08. The van der Waals surface area contributed by atoms with Crippen LogP contribution in [-0.4, -0.2) is 34.9 Å². The van der Waals surface area contributed by atoms with Crippen molar-refractivity contribution in [2.75, 3.05) is 0 Å². The minimum atomic E-state index is 0.591. The lowest BCUT2D eigenvalue weighted by atomic mass is 10.0. The lowest BCUT2D eigenvalue weighted by molar-refractivity contribution is 0.669. The summed E-state index contributed by atoms with van der Waals surface area (Å²) < 4.78 is 6.31. The average Bonchev–Trinajstić information content (AvgIpc) is 3.42. The van der Waals surface area contributed by atoms with Gasteiger partial charge in [0.2, 0.25) is 0 Å². The van der Waals surface area contributed by atoms with Crippen LogP contribution in [0.15, 0.2) is 108 Å². The molecule has 8 aromatic rings. The van der Waals surface area contributed by atoms with E-state index in [1.54, 1.807) is 18.6 Å². The Morgan fingerprint density at radius 2 is 1.28 bits per heavy atom. The maximum Gasteiger partial charge on any atom is 0.163 e. The Hall–Kier alpha value is -5.89. The van der Waals surface area contributed by atoms with Crippen molar-refractivity contribution >= 4 is 32.8 Å². The van der Waals surface area contributed by atoms with Gasteiger partial charge in [0.25, 0.3) is 0 Å². The van der Waals surface area contributed by atoms with Gasteiger partial charge < -0.3 is 4.42 Å². The predicted octanol–water partition coefficient (Wildman–Crippen LogP) is 7.79. The van der Waals surface area contributed by atoms with E-state index in [-0.39, 0.29) is 0 Å². The zero-order valence-corrected chi connectivity index (χ0v) is 23.4. The summed E-state index contributed by atoms with van der Waals surface area (Å²) >= 11 is 0. The molecule has 3 aromatic carbocycles. The first-order chi connectivity index (χ1) is 21.1. The van der Waals surface area contributed by atoms with Crippen LogP contribution in [0.25, 0.3) is 78.1 Å². The van der Waals surface area contributed by atoms with E-state index < -0.39 is 0 Å². The van der Waals surface area contributed by atoms with Gasteiger partial charge in [-0.2, -0.15) is 0 Å². The number of aryl methyl sites for hydroxylation is 2. The van der Waals surface area contributed by atoms with E-state index >= 15 is 0 Å². The maximum absolute atomic E-state index is 6.31. The van der Waals surface area contributed by atoms with Crippen molar-refractivity contribution in [3.05, 3.63) is 115 Å². The van der Waals surface area contributed by atoms with Gasteiger partial charge in [-0.05, 0) is 74.5 Å². The van der Waals surface area contributed by atoms with Crippen LogP contribution >= 0.6 is 0 Å². The van der Waals surface area contributed by atoms with Crippen molar-refractivity contribution in [3.63, 3.8) is 0 Å². The number of pyridine rings is 2. The monoisotopic (exact) mass is 557 g/mol.